The Hall–Kier alpha value is -5.05. The Morgan fingerprint density at radius 3 is 2.35 bits per heavy atom. The van der Waals surface area contributed by atoms with Gasteiger partial charge in [0.1, 0.15) is 18.2 Å². The third-order valence-corrected chi connectivity index (χ3v) is 8.28. The first-order chi connectivity index (χ1) is 23.2. The summed E-state index contributed by atoms with van der Waals surface area (Å²) in [5.74, 6) is 0.144. The van der Waals surface area contributed by atoms with Crippen molar-refractivity contribution in [1.29, 1.82) is 0 Å². The number of rotatable bonds is 14. The van der Waals surface area contributed by atoms with Crippen LogP contribution in [0.4, 0.5) is 5.69 Å². The lowest BCUT2D eigenvalue weighted by molar-refractivity contribution is -0.117. The van der Waals surface area contributed by atoms with Gasteiger partial charge in [0.25, 0.3) is 0 Å². The quantitative estimate of drug-likeness (QED) is 0.0797. The van der Waals surface area contributed by atoms with E-state index < -0.39 is 12.0 Å². The monoisotopic (exact) mass is 682 g/mol. The second-order valence-corrected chi connectivity index (χ2v) is 12.2. The molecule has 0 saturated carbocycles. The number of aryl methyl sites for hydroxylation is 1. The molecule has 0 unspecified atom stereocenters. The van der Waals surface area contributed by atoms with Gasteiger partial charge in [0.2, 0.25) is 5.91 Å². The van der Waals surface area contributed by atoms with E-state index in [1.807, 2.05) is 48.7 Å². The van der Waals surface area contributed by atoms with Crippen LogP contribution in [-0.4, -0.2) is 26.5 Å². The smallest absolute Gasteiger partial charge is 0.335 e. The third-order valence-electron chi connectivity index (χ3n) is 7.73. The Bertz CT molecular complexity index is 1890. The number of carboxylic acids is 1. The summed E-state index contributed by atoms with van der Waals surface area (Å²) >= 11 is 12.7. The van der Waals surface area contributed by atoms with Crippen LogP contribution in [0.5, 0.6) is 5.75 Å². The lowest BCUT2D eigenvalue weighted by atomic mass is 10.0. The summed E-state index contributed by atoms with van der Waals surface area (Å²) in [6.45, 7) is 3.14. The molecule has 246 valence electrons. The van der Waals surface area contributed by atoms with Crippen molar-refractivity contribution in [3.8, 4) is 17.0 Å². The number of nitrogens with zero attached hydrogens (tertiary/aromatic N) is 2. The molecule has 0 fully saturated rings. The fourth-order valence-electron chi connectivity index (χ4n) is 5.12. The highest BCUT2D eigenvalue weighted by molar-refractivity contribution is 6.36. The van der Waals surface area contributed by atoms with Gasteiger partial charge in [-0.1, -0.05) is 72.9 Å². The predicted molar refractivity (Wildman–Crippen MR) is 191 cm³/mol. The zero-order chi connectivity index (χ0) is 34.0. The van der Waals surface area contributed by atoms with Crippen LogP contribution in [-0.2, 0) is 24.4 Å². The summed E-state index contributed by atoms with van der Waals surface area (Å²) < 4.78 is 8.03. The average Bonchev–Trinajstić information content (AvgIpc) is 3.50. The minimum Gasteiger partial charge on any atom is -0.489 e. The van der Waals surface area contributed by atoms with E-state index in [4.69, 9.17) is 43.8 Å². The number of nitrogens with two attached hydrogens (primary N) is 1. The molecule has 0 saturated heterocycles. The first kappa shape index (κ1) is 34.3. The Morgan fingerprint density at radius 1 is 0.979 bits per heavy atom. The number of carboxylic acid groups (broad SMARTS) is 1. The van der Waals surface area contributed by atoms with Crippen LogP contribution in [0.25, 0.3) is 17.3 Å². The number of aromatic nitrogens is 2. The molecule has 1 heterocycles. The van der Waals surface area contributed by atoms with Crippen molar-refractivity contribution in [3.05, 3.63) is 141 Å². The van der Waals surface area contributed by atoms with Crippen LogP contribution in [0.15, 0.2) is 103 Å². The molecule has 0 aliphatic heterocycles. The van der Waals surface area contributed by atoms with Crippen molar-refractivity contribution in [2.24, 2.45) is 0 Å². The SMILES string of the molecule is CCCCn1cc(-c2ccc(Cl)cc2Cl)nc1[C@H](Cc1ccc(OCc2ccc(C(=O)O)cc2)cc1)NC(=O)C=Cc1ccc(N)cc1. The van der Waals surface area contributed by atoms with Crippen molar-refractivity contribution in [2.45, 2.75) is 45.4 Å². The van der Waals surface area contributed by atoms with Gasteiger partial charge < -0.3 is 25.5 Å². The number of benzene rings is 4. The number of ether oxygens (including phenoxy) is 1. The van der Waals surface area contributed by atoms with Crippen molar-refractivity contribution in [1.82, 2.24) is 14.9 Å². The standard InChI is InChI=1S/C38H36Cl2N4O4/c1-2-3-20-44-23-35(32-18-13-29(39)22-33(32)40)43-37(44)34(42-36(45)19-10-25-6-14-30(41)15-7-25)21-26-8-16-31(17-9-26)48-24-27-4-11-28(12-5-27)38(46)47/h4-19,22-23,34H,2-3,20-21,24,41H2,1H3,(H,42,45)(H,46,47)/t34-/m0/s1. The summed E-state index contributed by atoms with van der Waals surface area (Å²) in [5.41, 5.74) is 10.8. The zero-order valence-corrected chi connectivity index (χ0v) is 27.9. The molecule has 4 N–H and O–H groups in total. The van der Waals surface area contributed by atoms with Crippen molar-refractivity contribution < 1.29 is 19.4 Å². The number of amides is 1. The van der Waals surface area contributed by atoms with Crippen molar-refractivity contribution in [3.63, 3.8) is 0 Å². The maximum atomic E-state index is 13.3. The highest BCUT2D eigenvalue weighted by atomic mass is 35.5. The van der Waals surface area contributed by atoms with Gasteiger partial charge in [-0.05, 0) is 90.2 Å². The number of carbonyl (C=O) groups excluding carboxylic acids is 1. The highest BCUT2D eigenvalue weighted by Crippen LogP contribution is 2.32. The molecular formula is C38H36Cl2N4O4. The average molecular weight is 684 g/mol. The van der Waals surface area contributed by atoms with Gasteiger partial charge in [0, 0.05) is 35.1 Å². The van der Waals surface area contributed by atoms with E-state index in [0.717, 1.165) is 41.6 Å². The molecule has 10 heteroatoms. The predicted octanol–water partition coefficient (Wildman–Crippen LogP) is 8.63. The molecule has 5 aromatic rings. The number of hydrogen-bond donors (Lipinski definition) is 3. The second-order valence-electron chi connectivity index (χ2n) is 11.4. The lowest BCUT2D eigenvalue weighted by Crippen LogP contribution is -2.30. The molecule has 0 bridgehead atoms. The van der Waals surface area contributed by atoms with Crippen LogP contribution in [0, 0.1) is 0 Å². The molecule has 1 aromatic heterocycles. The molecule has 0 aliphatic carbocycles. The van der Waals surface area contributed by atoms with E-state index in [9.17, 15) is 9.59 Å². The molecular weight excluding hydrogens is 647 g/mol. The number of nitrogen functional groups attached to an aromatic ring is 1. The normalized spacial score (nSPS) is 11.8. The van der Waals surface area contributed by atoms with Crippen LogP contribution in [0.3, 0.4) is 0 Å². The van der Waals surface area contributed by atoms with E-state index in [2.05, 4.69) is 16.8 Å². The van der Waals surface area contributed by atoms with Gasteiger partial charge >= 0.3 is 5.97 Å². The van der Waals surface area contributed by atoms with E-state index in [-0.39, 0.29) is 11.5 Å². The van der Waals surface area contributed by atoms with Crippen molar-refractivity contribution in [2.75, 3.05) is 5.73 Å². The van der Waals surface area contributed by atoms with Crippen molar-refractivity contribution >= 4 is 46.8 Å². The largest absolute Gasteiger partial charge is 0.489 e. The molecule has 0 spiro atoms. The molecule has 0 radical (unpaired) electrons. The van der Waals surface area contributed by atoms with Gasteiger partial charge in [-0.2, -0.15) is 0 Å². The van der Waals surface area contributed by atoms with Gasteiger partial charge in [0.05, 0.1) is 22.3 Å². The number of imidazole rings is 1. The zero-order valence-electron chi connectivity index (χ0n) is 26.4. The van der Waals surface area contributed by atoms with Gasteiger partial charge in [-0.25, -0.2) is 9.78 Å². The fourth-order valence-corrected chi connectivity index (χ4v) is 5.62. The number of hydrogen-bond acceptors (Lipinski definition) is 5. The molecule has 1 amide bonds. The van der Waals surface area contributed by atoms with E-state index in [1.165, 1.54) is 6.08 Å². The molecule has 8 nitrogen and oxygen atoms in total. The highest BCUT2D eigenvalue weighted by Gasteiger charge is 2.23. The van der Waals surface area contributed by atoms with Crippen LogP contribution < -0.4 is 15.8 Å². The maximum Gasteiger partial charge on any atom is 0.335 e. The maximum absolute atomic E-state index is 13.3. The number of halogens is 2. The minimum atomic E-state index is -0.969. The Kier molecular flexibility index (Phi) is 11.6. The lowest BCUT2D eigenvalue weighted by Gasteiger charge is -2.20. The van der Waals surface area contributed by atoms with Gasteiger partial charge in [-0.15, -0.1) is 0 Å². The fraction of sp³-hybridized carbons (Fsp3) is 0.184. The second kappa shape index (κ2) is 16.2. The summed E-state index contributed by atoms with van der Waals surface area (Å²) in [4.78, 5) is 29.5. The molecule has 1 atom stereocenters. The number of anilines is 1. The molecule has 48 heavy (non-hydrogen) atoms. The topological polar surface area (TPSA) is 119 Å². The van der Waals surface area contributed by atoms with E-state index >= 15 is 0 Å². The minimum absolute atomic E-state index is 0.226. The van der Waals surface area contributed by atoms with Gasteiger partial charge in [0.15, 0.2) is 0 Å². The summed E-state index contributed by atoms with van der Waals surface area (Å²) in [5, 5.41) is 13.3. The summed E-state index contributed by atoms with van der Waals surface area (Å²) in [6.07, 6.45) is 7.62. The Balaban J connectivity index is 1.39. The molecule has 5 rings (SSSR count). The Labute approximate surface area is 289 Å². The number of aromatic carboxylic acids is 1. The first-order valence-corrected chi connectivity index (χ1v) is 16.3. The van der Waals surface area contributed by atoms with Crippen LogP contribution in [0.1, 0.15) is 58.7 Å². The molecule has 0 aliphatic rings. The number of unbranched alkanes of at least 4 members (excludes halogenated alkanes) is 1. The number of carbonyl (C=O) groups is 2. The number of nitrogens with one attached hydrogen (secondary N) is 1. The van der Waals surface area contributed by atoms with E-state index in [0.29, 0.717) is 46.0 Å². The third kappa shape index (κ3) is 9.27. The molecule has 4 aromatic carbocycles. The van der Waals surface area contributed by atoms with Crippen LogP contribution in [0.2, 0.25) is 10.0 Å². The summed E-state index contributed by atoms with van der Waals surface area (Å²) in [7, 11) is 0. The Morgan fingerprint density at radius 2 is 1.69 bits per heavy atom. The van der Waals surface area contributed by atoms with E-state index in [1.54, 1.807) is 54.6 Å². The first-order valence-electron chi connectivity index (χ1n) is 15.6. The summed E-state index contributed by atoms with van der Waals surface area (Å²) in [6, 6.07) is 26.4. The van der Waals surface area contributed by atoms with Crippen LogP contribution >= 0.6 is 23.2 Å². The van der Waals surface area contributed by atoms with Gasteiger partial charge in [-0.3, -0.25) is 4.79 Å².